The Hall–Kier alpha value is -1.96. The lowest BCUT2D eigenvalue weighted by atomic mass is 10.1. The van der Waals surface area contributed by atoms with Gasteiger partial charge in [0.2, 0.25) is 5.89 Å². The van der Waals surface area contributed by atoms with Gasteiger partial charge in [-0.05, 0) is 25.3 Å². The summed E-state index contributed by atoms with van der Waals surface area (Å²) in [6, 6.07) is 0.0231. The van der Waals surface area contributed by atoms with Gasteiger partial charge >= 0.3 is 5.97 Å². The highest BCUT2D eigenvalue weighted by Gasteiger charge is 2.24. The molecule has 0 radical (unpaired) electrons. The number of nitrogens with zero attached hydrogens (tertiary/aromatic N) is 2. The molecule has 1 amide bonds. The van der Waals surface area contributed by atoms with Crippen molar-refractivity contribution >= 4 is 11.9 Å². The standard InChI is InChI=1S/C12H18N4O4/c1-7(5-9(17)18)6-14-11(19)10-15-12(20-16-10)8-3-2-4-13-8/h7-8,13H,2-6H2,1H3,(H,14,19)(H,17,18). The predicted molar refractivity (Wildman–Crippen MR) is 68.0 cm³/mol. The second-order valence-corrected chi connectivity index (χ2v) is 5.02. The van der Waals surface area contributed by atoms with E-state index in [-0.39, 0.29) is 30.7 Å². The highest BCUT2D eigenvalue weighted by Crippen LogP contribution is 2.20. The van der Waals surface area contributed by atoms with E-state index in [0.717, 1.165) is 19.4 Å². The average molecular weight is 282 g/mol. The van der Waals surface area contributed by atoms with Crippen LogP contribution in [0.25, 0.3) is 0 Å². The summed E-state index contributed by atoms with van der Waals surface area (Å²) in [5.74, 6) is -1.09. The van der Waals surface area contributed by atoms with Crippen molar-refractivity contribution in [1.82, 2.24) is 20.8 Å². The molecule has 20 heavy (non-hydrogen) atoms. The largest absolute Gasteiger partial charge is 0.481 e. The highest BCUT2D eigenvalue weighted by atomic mass is 16.5. The molecule has 1 aromatic rings. The number of carboxylic acids is 1. The fraction of sp³-hybridized carbons (Fsp3) is 0.667. The van der Waals surface area contributed by atoms with E-state index in [2.05, 4.69) is 20.8 Å². The topological polar surface area (TPSA) is 117 Å². The van der Waals surface area contributed by atoms with Gasteiger partial charge in [0.1, 0.15) is 0 Å². The van der Waals surface area contributed by atoms with E-state index in [1.807, 2.05) is 0 Å². The van der Waals surface area contributed by atoms with E-state index in [1.54, 1.807) is 6.92 Å². The number of carbonyl (C=O) groups is 2. The van der Waals surface area contributed by atoms with E-state index in [4.69, 9.17) is 9.63 Å². The summed E-state index contributed by atoms with van der Waals surface area (Å²) >= 11 is 0. The lowest BCUT2D eigenvalue weighted by molar-refractivity contribution is -0.137. The second kappa shape index (κ2) is 6.47. The monoisotopic (exact) mass is 282 g/mol. The molecule has 110 valence electrons. The molecule has 2 rings (SSSR count). The van der Waals surface area contributed by atoms with Gasteiger partial charge in [-0.1, -0.05) is 12.1 Å². The van der Waals surface area contributed by atoms with Gasteiger partial charge in [-0.3, -0.25) is 9.59 Å². The zero-order chi connectivity index (χ0) is 14.5. The van der Waals surface area contributed by atoms with Gasteiger partial charge in [0, 0.05) is 13.0 Å². The zero-order valence-electron chi connectivity index (χ0n) is 11.3. The summed E-state index contributed by atoms with van der Waals surface area (Å²) in [6.07, 6.45) is 1.96. The van der Waals surface area contributed by atoms with Crippen LogP contribution >= 0.6 is 0 Å². The Morgan fingerprint density at radius 3 is 3.05 bits per heavy atom. The van der Waals surface area contributed by atoms with Crippen LogP contribution in [-0.2, 0) is 4.79 Å². The molecule has 0 bridgehead atoms. The fourth-order valence-electron chi connectivity index (χ4n) is 2.08. The molecule has 8 heteroatoms. The van der Waals surface area contributed by atoms with Gasteiger partial charge in [0.05, 0.1) is 6.04 Å². The predicted octanol–water partition coefficient (Wildman–Crippen LogP) is 0.335. The lowest BCUT2D eigenvalue weighted by Gasteiger charge is -2.08. The van der Waals surface area contributed by atoms with Crippen LogP contribution < -0.4 is 10.6 Å². The third kappa shape index (κ3) is 3.77. The first-order valence-corrected chi connectivity index (χ1v) is 6.63. The number of aromatic nitrogens is 2. The molecule has 0 aromatic carbocycles. The normalized spacial score (nSPS) is 19.8. The molecule has 2 heterocycles. The first kappa shape index (κ1) is 14.4. The molecule has 2 atom stereocenters. The number of rotatable bonds is 6. The minimum Gasteiger partial charge on any atom is -0.481 e. The molecule has 0 aliphatic carbocycles. The highest BCUT2D eigenvalue weighted by molar-refractivity contribution is 5.90. The Bertz CT molecular complexity index is 482. The molecule has 1 aromatic heterocycles. The van der Waals surface area contributed by atoms with Crippen molar-refractivity contribution in [3.8, 4) is 0 Å². The third-order valence-corrected chi connectivity index (χ3v) is 3.14. The maximum Gasteiger partial charge on any atom is 0.303 e. The van der Waals surface area contributed by atoms with Gasteiger partial charge < -0.3 is 20.3 Å². The van der Waals surface area contributed by atoms with Gasteiger partial charge in [0.25, 0.3) is 11.7 Å². The van der Waals surface area contributed by atoms with Crippen LogP contribution in [0.4, 0.5) is 0 Å². The fourth-order valence-corrected chi connectivity index (χ4v) is 2.08. The van der Waals surface area contributed by atoms with Crippen LogP contribution in [0.5, 0.6) is 0 Å². The molecule has 0 saturated carbocycles. The number of nitrogens with one attached hydrogen (secondary N) is 2. The number of carboxylic acid groups (broad SMARTS) is 1. The number of amides is 1. The Balaban J connectivity index is 1.84. The summed E-state index contributed by atoms with van der Waals surface area (Å²) in [4.78, 5) is 26.4. The van der Waals surface area contributed by atoms with Crippen LogP contribution in [0, 0.1) is 5.92 Å². The Morgan fingerprint density at radius 2 is 2.40 bits per heavy atom. The van der Waals surface area contributed by atoms with E-state index in [1.165, 1.54) is 0 Å². The minimum absolute atomic E-state index is 0.00374. The Kier molecular flexibility index (Phi) is 4.67. The molecule has 1 aliphatic heterocycles. The smallest absolute Gasteiger partial charge is 0.303 e. The van der Waals surface area contributed by atoms with Gasteiger partial charge in [-0.25, -0.2) is 0 Å². The first-order chi connectivity index (χ1) is 9.56. The van der Waals surface area contributed by atoms with Crippen molar-refractivity contribution in [3.05, 3.63) is 11.7 Å². The average Bonchev–Trinajstić information content (AvgIpc) is 3.04. The second-order valence-electron chi connectivity index (χ2n) is 5.02. The molecule has 0 spiro atoms. The van der Waals surface area contributed by atoms with Crippen LogP contribution in [0.1, 0.15) is 48.7 Å². The number of carbonyl (C=O) groups excluding carboxylic acids is 1. The molecular formula is C12H18N4O4. The summed E-state index contributed by atoms with van der Waals surface area (Å²) in [6.45, 7) is 2.91. The number of hydrogen-bond donors (Lipinski definition) is 3. The number of aliphatic carboxylic acids is 1. The summed E-state index contributed by atoms with van der Waals surface area (Å²) in [5, 5.41) is 18.1. The molecule has 2 unspecified atom stereocenters. The summed E-state index contributed by atoms with van der Waals surface area (Å²) in [7, 11) is 0. The van der Waals surface area contributed by atoms with Crippen molar-refractivity contribution in [1.29, 1.82) is 0 Å². The number of hydrogen-bond acceptors (Lipinski definition) is 6. The Morgan fingerprint density at radius 1 is 1.60 bits per heavy atom. The molecule has 1 aliphatic rings. The van der Waals surface area contributed by atoms with Gasteiger partial charge in [-0.15, -0.1) is 0 Å². The first-order valence-electron chi connectivity index (χ1n) is 6.63. The van der Waals surface area contributed by atoms with Crippen molar-refractivity contribution in [3.63, 3.8) is 0 Å². The van der Waals surface area contributed by atoms with Crippen LogP contribution in [0.2, 0.25) is 0 Å². The van der Waals surface area contributed by atoms with Crippen molar-refractivity contribution in [2.75, 3.05) is 13.1 Å². The van der Waals surface area contributed by atoms with E-state index in [9.17, 15) is 9.59 Å². The minimum atomic E-state index is -0.888. The van der Waals surface area contributed by atoms with Crippen molar-refractivity contribution < 1.29 is 19.2 Å². The summed E-state index contributed by atoms with van der Waals surface area (Å²) < 4.78 is 5.06. The van der Waals surface area contributed by atoms with Crippen LogP contribution in [-0.4, -0.2) is 40.2 Å². The van der Waals surface area contributed by atoms with Crippen molar-refractivity contribution in [2.24, 2.45) is 5.92 Å². The molecule has 1 saturated heterocycles. The maximum absolute atomic E-state index is 11.8. The van der Waals surface area contributed by atoms with Crippen LogP contribution in [0.15, 0.2) is 4.52 Å². The van der Waals surface area contributed by atoms with E-state index >= 15 is 0 Å². The Labute approximate surface area is 115 Å². The quantitative estimate of drug-likeness (QED) is 0.688. The maximum atomic E-state index is 11.8. The molecule has 8 nitrogen and oxygen atoms in total. The molecule has 3 N–H and O–H groups in total. The van der Waals surface area contributed by atoms with Crippen molar-refractivity contribution in [2.45, 2.75) is 32.2 Å². The van der Waals surface area contributed by atoms with E-state index < -0.39 is 11.9 Å². The van der Waals surface area contributed by atoms with Crippen LogP contribution in [0.3, 0.4) is 0 Å². The lowest BCUT2D eigenvalue weighted by Crippen LogP contribution is -2.30. The van der Waals surface area contributed by atoms with Gasteiger partial charge in [-0.2, -0.15) is 4.98 Å². The SMILES string of the molecule is CC(CNC(=O)c1noc(C2CCCN2)n1)CC(=O)O. The molecular weight excluding hydrogens is 264 g/mol. The summed E-state index contributed by atoms with van der Waals surface area (Å²) in [5.41, 5.74) is 0. The third-order valence-electron chi connectivity index (χ3n) is 3.14. The van der Waals surface area contributed by atoms with E-state index in [0.29, 0.717) is 5.89 Å². The van der Waals surface area contributed by atoms with Gasteiger partial charge in [0.15, 0.2) is 0 Å². The zero-order valence-corrected chi connectivity index (χ0v) is 11.3. The molecule has 1 fully saturated rings.